The van der Waals surface area contributed by atoms with Gasteiger partial charge < -0.3 is 19.7 Å². The van der Waals surface area contributed by atoms with Gasteiger partial charge in [-0.05, 0) is 112 Å². The third-order valence-electron chi connectivity index (χ3n) is 9.22. The molecule has 51 heavy (non-hydrogen) atoms. The number of rotatable bonds is 10. The molecule has 1 aromatic carbocycles. The highest BCUT2D eigenvalue weighted by atomic mass is 35.5. The number of hydrogen-bond acceptors (Lipinski definition) is 9. The van der Waals surface area contributed by atoms with Crippen molar-refractivity contribution in [2.24, 2.45) is 5.92 Å². The van der Waals surface area contributed by atoms with E-state index in [-0.39, 0.29) is 12.1 Å². The highest BCUT2D eigenvalue weighted by Crippen LogP contribution is 2.28. The molecular weight excluding hydrogens is 684 g/mol. The second kappa shape index (κ2) is 19.5. The smallest absolute Gasteiger partial charge is 0.407 e. The number of piperazine rings is 1. The summed E-state index contributed by atoms with van der Waals surface area (Å²) < 4.78 is 13.7. The fraction of sp³-hybridized carbons (Fsp3) is 0.538. The molecule has 10 nitrogen and oxygen atoms in total. The van der Waals surface area contributed by atoms with Crippen LogP contribution in [0.3, 0.4) is 0 Å². The largest absolute Gasteiger partial charge is 0.493 e. The van der Waals surface area contributed by atoms with E-state index in [1.165, 1.54) is 42.6 Å². The van der Waals surface area contributed by atoms with Crippen molar-refractivity contribution < 1.29 is 19.1 Å². The van der Waals surface area contributed by atoms with Crippen LogP contribution in [0.25, 0.3) is 11.4 Å². The number of halogens is 1. The van der Waals surface area contributed by atoms with E-state index in [4.69, 9.17) is 21.1 Å². The first kappa shape index (κ1) is 38.8. The van der Waals surface area contributed by atoms with Crippen LogP contribution in [0.2, 0.25) is 5.02 Å². The lowest BCUT2D eigenvalue weighted by molar-refractivity contribution is -0.119. The molecule has 6 rings (SSSR count). The minimum Gasteiger partial charge on any atom is -0.493 e. The lowest BCUT2D eigenvalue weighted by Crippen LogP contribution is -2.45. The quantitative estimate of drug-likeness (QED) is 0.166. The summed E-state index contributed by atoms with van der Waals surface area (Å²) in [5.41, 5.74) is 2.48. The first-order valence-electron chi connectivity index (χ1n) is 18.3. The second-order valence-electron chi connectivity index (χ2n) is 14.6. The van der Waals surface area contributed by atoms with Gasteiger partial charge in [0.05, 0.1) is 23.0 Å². The van der Waals surface area contributed by atoms with E-state index in [1.807, 2.05) is 57.1 Å². The molecule has 0 unspecified atom stereocenters. The van der Waals surface area contributed by atoms with Gasteiger partial charge in [0, 0.05) is 69.1 Å². The van der Waals surface area contributed by atoms with Gasteiger partial charge in [-0.2, -0.15) is 0 Å². The van der Waals surface area contributed by atoms with Gasteiger partial charge in [-0.3, -0.25) is 19.7 Å². The molecular formula is C39H53ClN6O4S. The molecule has 3 fully saturated rings. The monoisotopic (exact) mass is 736 g/mol. The SMILES string of the molecule is CC(C)(C)OC(=O)NC1CCN(C=O)CC1.Clc1ccc(-c2ccc(CN3CCN(Sc4ccc(OCC5CCCCC5)cc4)CC3)cn2)nc1. The van der Waals surface area contributed by atoms with Crippen LogP contribution < -0.4 is 10.1 Å². The number of amides is 2. The molecule has 0 atom stereocenters. The topological polar surface area (TPSA) is 100 Å². The molecule has 1 saturated carbocycles. The summed E-state index contributed by atoms with van der Waals surface area (Å²) in [6.07, 6.45) is 12.4. The first-order chi connectivity index (χ1) is 24.6. The summed E-state index contributed by atoms with van der Waals surface area (Å²) in [5.74, 6) is 1.74. The number of carbonyl (C=O) groups is 2. The number of alkyl carbamates (subject to hydrolysis) is 1. The fourth-order valence-corrected chi connectivity index (χ4v) is 7.38. The number of hydrogen-bond donors (Lipinski definition) is 1. The number of aromatic nitrogens is 2. The normalized spacial score (nSPS) is 18.0. The van der Waals surface area contributed by atoms with Crippen LogP contribution in [0.15, 0.2) is 65.8 Å². The molecule has 0 radical (unpaired) electrons. The third kappa shape index (κ3) is 13.6. The Bertz CT molecular complexity index is 1480. The molecule has 276 valence electrons. The van der Waals surface area contributed by atoms with E-state index in [9.17, 15) is 9.59 Å². The summed E-state index contributed by atoms with van der Waals surface area (Å²) in [4.78, 5) is 36.4. The summed E-state index contributed by atoms with van der Waals surface area (Å²) in [5, 5.41) is 3.45. The molecule has 3 aliphatic rings. The van der Waals surface area contributed by atoms with Crippen LogP contribution >= 0.6 is 23.5 Å². The van der Waals surface area contributed by atoms with Crippen molar-refractivity contribution in [2.45, 2.75) is 88.8 Å². The Kier molecular flexibility index (Phi) is 14.8. The van der Waals surface area contributed by atoms with Gasteiger partial charge in [0.15, 0.2) is 0 Å². The predicted molar refractivity (Wildman–Crippen MR) is 204 cm³/mol. The molecule has 2 amide bonds. The van der Waals surface area contributed by atoms with Crippen molar-refractivity contribution in [1.82, 2.24) is 29.4 Å². The molecule has 0 spiro atoms. The number of nitrogens with one attached hydrogen (secondary N) is 1. The Balaban J connectivity index is 0.000000265. The summed E-state index contributed by atoms with van der Waals surface area (Å²) in [6.45, 7) is 12.9. The summed E-state index contributed by atoms with van der Waals surface area (Å²) in [6, 6.07) is 16.7. The van der Waals surface area contributed by atoms with Crippen LogP contribution in [-0.4, -0.2) is 94.1 Å². The zero-order chi connectivity index (χ0) is 36.1. The standard InChI is InChI=1S/C28H33ClN4OS.C11H20N2O3/c29-24-7-13-28(31-19-24)27-12-6-23(18-30-27)20-32-14-16-33(17-15-32)35-26-10-8-25(9-11-26)34-21-22-4-2-1-3-5-22;1-11(2,3)16-10(15)12-9-4-6-13(8-14)7-5-9/h6-13,18-19,22H,1-5,14-17,20-21H2;8-9H,4-7H2,1-3H3,(H,12,15). The number of nitrogens with zero attached hydrogens (tertiary/aromatic N) is 5. The molecule has 1 aliphatic carbocycles. The Morgan fingerprint density at radius 1 is 0.882 bits per heavy atom. The zero-order valence-corrected chi connectivity index (χ0v) is 31.8. The molecule has 2 aliphatic heterocycles. The van der Waals surface area contributed by atoms with Crippen LogP contribution in [0.4, 0.5) is 4.79 Å². The molecule has 4 heterocycles. The Hall–Kier alpha value is -3.38. The number of carbonyl (C=O) groups excluding carboxylic acids is 2. The van der Waals surface area contributed by atoms with E-state index in [1.54, 1.807) is 11.1 Å². The van der Waals surface area contributed by atoms with Crippen LogP contribution in [0.5, 0.6) is 5.75 Å². The van der Waals surface area contributed by atoms with Crippen molar-refractivity contribution in [3.63, 3.8) is 0 Å². The van der Waals surface area contributed by atoms with Gasteiger partial charge in [-0.15, -0.1) is 0 Å². The highest BCUT2D eigenvalue weighted by molar-refractivity contribution is 7.97. The average molecular weight is 737 g/mol. The Morgan fingerprint density at radius 3 is 2.14 bits per heavy atom. The minimum absolute atomic E-state index is 0.117. The summed E-state index contributed by atoms with van der Waals surface area (Å²) >= 11 is 7.78. The molecule has 2 aromatic heterocycles. The van der Waals surface area contributed by atoms with E-state index in [0.717, 1.165) is 81.6 Å². The Morgan fingerprint density at radius 2 is 1.55 bits per heavy atom. The van der Waals surface area contributed by atoms with E-state index >= 15 is 0 Å². The number of pyridine rings is 2. The predicted octanol–water partition coefficient (Wildman–Crippen LogP) is 7.71. The van der Waals surface area contributed by atoms with Gasteiger partial charge in [0.25, 0.3) is 0 Å². The number of benzene rings is 1. The number of ether oxygens (including phenoxy) is 2. The zero-order valence-electron chi connectivity index (χ0n) is 30.3. The first-order valence-corrected chi connectivity index (χ1v) is 19.4. The lowest BCUT2D eigenvalue weighted by Gasteiger charge is -2.33. The molecule has 3 aromatic rings. The molecule has 12 heteroatoms. The highest BCUT2D eigenvalue weighted by Gasteiger charge is 2.23. The van der Waals surface area contributed by atoms with Gasteiger partial charge in [-0.1, -0.05) is 36.9 Å². The average Bonchev–Trinajstić information content (AvgIpc) is 3.13. The van der Waals surface area contributed by atoms with Crippen LogP contribution in [0, 0.1) is 5.92 Å². The third-order valence-corrected chi connectivity index (χ3v) is 10.6. The van der Waals surface area contributed by atoms with Crippen molar-refractivity contribution in [1.29, 1.82) is 0 Å². The van der Waals surface area contributed by atoms with Gasteiger partial charge in [-0.25, -0.2) is 9.10 Å². The minimum atomic E-state index is -0.465. The van der Waals surface area contributed by atoms with E-state index in [0.29, 0.717) is 18.1 Å². The van der Waals surface area contributed by atoms with Crippen molar-refractivity contribution in [3.05, 3.63) is 71.5 Å². The fourth-order valence-electron chi connectivity index (χ4n) is 6.37. The van der Waals surface area contributed by atoms with Crippen LogP contribution in [-0.2, 0) is 16.1 Å². The molecule has 2 saturated heterocycles. The molecule has 1 N–H and O–H groups in total. The second-order valence-corrected chi connectivity index (χ2v) is 16.2. The van der Waals surface area contributed by atoms with Crippen molar-refractivity contribution >= 4 is 36.1 Å². The maximum Gasteiger partial charge on any atom is 0.407 e. The molecule has 0 bridgehead atoms. The maximum atomic E-state index is 11.5. The van der Waals surface area contributed by atoms with E-state index in [2.05, 4.69) is 54.8 Å². The van der Waals surface area contributed by atoms with Gasteiger partial charge >= 0.3 is 6.09 Å². The van der Waals surface area contributed by atoms with Gasteiger partial charge in [0.1, 0.15) is 11.4 Å². The van der Waals surface area contributed by atoms with Crippen molar-refractivity contribution in [2.75, 3.05) is 45.9 Å². The number of likely N-dealkylation sites (tertiary alicyclic amines) is 1. The summed E-state index contributed by atoms with van der Waals surface area (Å²) in [7, 11) is 0. The number of piperidine rings is 1. The van der Waals surface area contributed by atoms with Crippen molar-refractivity contribution in [3.8, 4) is 17.1 Å². The van der Waals surface area contributed by atoms with E-state index < -0.39 is 5.60 Å². The van der Waals surface area contributed by atoms with Gasteiger partial charge in [0.2, 0.25) is 6.41 Å². The Labute approximate surface area is 312 Å². The maximum absolute atomic E-state index is 11.5. The lowest BCUT2D eigenvalue weighted by atomic mass is 9.90. The van der Waals surface area contributed by atoms with Crippen LogP contribution in [0.1, 0.15) is 71.3 Å².